The molecule has 0 rings (SSSR count). The summed E-state index contributed by atoms with van der Waals surface area (Å²) in [4.78, 5) is 0. The van der Waals surface area contributed by atoms with Crippen molar-refractivity contribution in [1.82, 2.24) is 0 Å². The second-order valence-corrected chi connectivity index (χ2v) is 6.38. The molecule has 0 nitrogen and oxygen atoms in total. The van der Waals surface area contributed by atoms with Crippen molar-refractivity contribution >= 4 is 0 Å². The van der Waals surface area contributed by atoms with Gasteiger partial charge >= 0.3 is 0 Å². The smallest absolute Gasteiger partial charge is 0.0177 e. The third-order valence-electron chi connectivity index (χ3n) is 3.53. The molecule has 0 aromatic carbocycles. The van der Waals surface area contributed by atoms with Gasteiger partial charge in [-0.25, -0.2) is 0 Å². The molecule has 0 aliphatic rings. The second-order valence-electron chi connectivity index (χ2n) is 6.38. The van der Waals surface area contributed by atoms with E-state index in [0.29, 0.717) is 5.41 Å². The van der Waals surface area contributed by atoms with E-state index in [4.69, 9.17) is 0 Å². The van der Waals surface area contributed by atoms with Crippen molar-refractivity contribution in [3.05, 3.63) is 37.5 Å². The molecule has 0 aliphatic heterocycles. The van der Waals surface area contributed by atoms with Crippen LogP contribution in [0.1, 0.15) is 79.6 Å². The van der Waals surface area contributed by atoms with Crippen molar-refractivity contribution in [1.29, 1.82) is 0 Å². The zero-order chi connectivity index (χ0) is 15.9. The molecule has 0 bridgehead atoms. The Labute approximate surface area is 129 Å². The summed E-state index contributed by atoms with van der Waals surface area (Å²) in [6, 6.07) is 0. The predicted octanol–water partition coefficient (Wildman–Crippen LogP) is 7.33. The average Bonchev–Trinajstić information content (AvgIpc) is 2.43. The van der Waals surface area contributed by atoms with Gasteiger partial charge in [-0.3, -0.25) is 0 Å². The maximum Gasteiger partial charge on any atom is -0.0177 e. The van der Waals surface area contributed by atoms with Crippen LogP contribution in [0.15, 0.2) is 37.5 Å². The highest BCUT2D eigenvalue weighted by Gasteiger charge is 2.13. The Morgan fingerprint density at radius 2 is 1.75 bits per heavy atom. The zero-order valence-corrected chi connectivity index (χ0v) is 14.8. The molecular weight excluding hydrogens is 240 g/mol. The van der Waals surface area contributed by atoms with E-state index in [2.05, 4.69) is 59.9 Å². The topological polar surface area (TPSA) is 0 Å². The summed E-state index contributed by atoms with van der Waals surface area (Å²) >= 11 is 0. The Kier molecular flexibility index (Phi) is 15.7. The summed E-state index contributed by atoms with van der Waals surface area (Å²) in [5.74, 6) is 0.765. The summed E-state index contributed by atoms with van der Waals surface area (Å²) in [6.07, 6.45) is 17.3. The van der Waals surface area contributed by atoms with Crippen LogP contribution >= 0.6 is 0 Å². The summed E-state index contributed by atoms with van der Waals surface area (Å²) in [5, 5.41) is 0. The molecule has 1 atom stereocenters. The molecule has 0 amide bonds. The molecule has 0 radical (unpaired) electrons. The lowest BCUT2D eigenvalue weighted by Crippen LogP contribution is -2.08. The fourth-order valence-corrected chi connectivity index (χ4v) is 1.73. The van der Waals surface area contributed by atoms with Gasteiger partial charge in [0.1, 0.15) is 0 Å². The lowest BCUT2D eigenvalue weighted by atomic mass is 9.84. The molecule has 0 N–H and O–H groups in total. The van der Waals surface area contributed by atoms with Crippen molar-refractivity contribution in [2.75, 3.05) is 0 Å². The number of allylic oxidation sites excluding steroid dienone is 4. The van der Waals surface area contributed by atoms with E-state index in [1.54, 1.807) is 0 Å². The minimum atomic E-state index is 0.301. The third-order valence-corrected chi connectivity index (χ3v) is 3.53. The molecule has 1 unspecified atom stereocenters. The molecule has 0 fully saturated rings. The van der Waals surface area contributed by atoms with Crippen LogP contribution in [-0.4, -0.2) is 0 Å². The van der Waals surface area contributed by atoms with Gasteiger partial charge in [0.05, 0.1) is 0 Å². The maximum atomic E-state index is 3.84. The predicted molar refractivity (Wildman–Crippen MR) is 96.1 cm³/mol. The molecule has 0 saturated carbocycles. The molecule has 0 aromatic rings. The molecule has 0 saturated heterocycles. The first-order chi connectivity index (χ1) is 9.43. The lowest BCUT2D eigenvalue weighted by molar-refractivity contribution is 0.374. The quantitative estimate of drug-likeness (QED) is 0.290. The van der Waals surface area contributed by atoms with Gasteiger partial charge in [0.15, 0.2) is 0 Å². The Morgan fingerprint density at radius 3 is 2.20 bits per heavy atom. The molecule has 0 aromatic heterocycles. The highest BCUT2D eigenvalue weighted by molar-refractivity contribution is 4.87. The Hall–Kier alpha value is -0.780. The Balaban J connectivity index is 0. The van der Waals surface area contributed by atoms with Gasteiger partial charge in [0.2, 0.25) is 0 Å². The van der Waals surface area contributed by atoms with Gasteiger partial charge in [-0.15, -0.1) is 13.2 Å². The van der Waals surface area contributed by atoms with E-state index in [9.17, 15) is 0 Å². The fourth-order valence-electron chi connectivity index (χ4n) is 1.73. The first kappa shape index (κ1) is 21.5. The Morgan fingerprint density at radius 1 is 1.10 bits per heavy atom. The maximum absolute atomic E-state index is 3.84. The zero-order valence-electron chi connectivity index (χ0n) is 14.8. The van der Waals surface area contributed by atoms with Gasteiger partial charge in [0, 0.05) is 0 Å². The van der Waals surface area contributed by atoms with Crippen LogP contribution in [0.25, 0.3) is 0 Å². The monoisotopic (exact) mass is 278 g/mol. The van der Waals surface area contributed by atoms with Crippen molar-refractivity contribution in [2.24, 2.45) is 11.3 Å². The standard InChI is InChI=1S/C12H22.C8H16/c1-6-8-11(3)9-10-12(4,5)7-2;1-3-5-7-8-6-4-2/h6-7,11H,1-2,8-10H2,3-5H3;5,7H,3-4,6,8H2,1-2H3. The lowest BCUT2D eigenvalue weighted by Gasteiger charge is -2.21. The van der Waals surface area contributed by atoms with E-state index in [0.717, 1.165) is 12.3 Å². The number of unbranched alkanes of at least 4 members (excludes halogenated alkanes) is 2. The van der Waals surface area contributed by atoms with Crippen LogP contribution in [0.4, 0.5) is 0 Å². The molecule has 0 heteroatoms. The van der Waals surface area contributed by atoms with Crippen LogP contribution in [0.2, 0.25) is 0 Å². The van der Waals surface area contributed by atoms with Crippen molar-refractivity contribution in [3.8, 4) is 0 Å². The van der Waals surface area contributed by atoms with E-state index < -0.39 is 0 Å². The summed E-state index contributed by atoms with van der Waals surface area (Å²) in [6.45, 7) is 18.7. The summed E-state index contributed by atoms with van der Waals surface area (Å²) in [5.41, 5.74) is 0.301. The van der Waals surface area contributed by atoms with Crippen molar-refractivity contribution < 1.29 is 0 Å². The van der Waals surface area contributed by atoms with E-state index in [1.165, 1.54) is 38.5 Å². The van der Waals surface area contributed by atoms with Crippen LogP contribution in [-0.2, 0) is 0 Å². The van der Waals surface area contributed by atoms with Crippen LogP contribution in [0.5, 0.6) is 0 Å². The average molecular weight is 279 g/mol. The summed E-state index contributed by atoms with van der Waals surface area (Å²) < 4.78 is 0. The normalized spacial score (nSPS) is 12.7. The Bertz CT molecular complexity index is 245. The molecule has 0 aliphatic carbocycles. The minimum Gasteiger partial charge on any atom is -0.103 e. The number of hydrogen-bond acceptors (Lipinski definition) is 0. The first-order valence-corrected chi connectivity index (χ1v) is 8.32. The van der Waals surface area contributed by atoms with Gasteiger partial charge in [-0.1, -0.05) is 71.8 Å². The van der Waals surface area contributed by atoms with Gasteiger partial charge in [-0.05, 0) is 43.4 Å². The molecule has 0 heterocycles. The largest absolute Gasteiger partial charge is 0.103 e. The van der Waals surface area contributed by atoms with Gasteiger partial charge < -0.3 is 0 Å². The molecule has 20 heavy (non-hydrogen) atoms. The van der Waals surface area contributed by atoms with E-state index >= 15 is 0 Å². The highest BCUT2D eigenvalue weighted by atomic mass is 14.2. The summed E-state index contributed by atoms with van der Waals surface area (Å²) in [7, 11) is 0. The van der Waals surface area contributed by atoms with Crippen LogP contribution in [0.3, 0.4) is 0 Å². The molecule has 118 valence electrons. The van der Waals surface area contributed by atoms with Gasteiger partial charge in [-0.2, -0.15) is 0 Å². The first-order valence-electron chi connectivity index (χ1n) is 8.32. The van der Waals surface area contributed by atoms with Crippen molar-refractivity contribution in [3.63, 3.8) is 0 Å². The second kappa shape index (κ2) is 14.6. The van der Waals surface area contributed by atoms with E-state index in [1.807, 2.05) is 12.2 Å². The fraction of sp³-hybridized carbons (Fsp3) is 0.700. The molecular formula is C20H38. The van der Waals surface area contributed by atoms with Crippen LogP contribution in [0, 0.1) is 11.3 Å². The van der Waals surface area contributed by atoms with Gasteiger partial charge in [0.25, 0.3) is 0 Å². The van der Waals surface area contributed by atoms with Crippen LogP contribution < -0.4 is 0 Å². The van der Waals surface area contributed by atoms with E-state index in [-0.39, 0.29) is 0 Å². The highest BCUT2D eigenvalue weighted by Crippen LogP contribution is 2.26. The SMILES string of the molecule is C=CCC(C)CCC(C)(C)C=C.CCC=CCCCC. The number of hydrogen-bond donors (Lipinski definition) is 0. The third kappa shape index (κ3) is 17.2. The van der Waals surface area contributed by atoms with Crippen molar-refractivity contribution in [2.45, 2.75) is 79.6 Å². The minimum absolute atomic E-state index is 0.301. The molecule has 0 spiro atoms. The number of rotatable bonds is 10.